The normalized spacial score (nSPS) is 18.9. The quantitative estimate of drug-likeness (QED) is 0.758. The first-order valence-electron chi connectivity index (χ1n) is 10.7. The van der Waals surface area contributed by atoms with Crippen molar-refractivity contribution in [2.45, 2.75) is 53.1 Å². The van der Waals surface area contributed by atoms with Crippen molar-refractivity contribution in [2.75, 3.05) is 32.8 Å². The molecule has 1 aliphatic heterocycles. The van der Waals surface area contributed by atoms with E-state index >= 15 is 0 Å². The van der Waals surface area contributed by atoms with Crippen LogP contribution in [0.4, 0.5) is 0 Å². The molecule has 1 aliphatic rings. The average Bonchev–Trinajstić information content (AvgIpc) is 3.00. The van der Waals surface area contributed by atoms with Gasteiger partial charge in [-0.1, -0.05) is 26.0 Å². The van der Waals surface area contributed by atoms with Gasteiger partial charge in [0.05, 0.1) is 11.4 Å². The van der Waals surface area contributed by atoms with Crippen LogP contribution in [0, 0.1) is 19.8 Å². The summed E-state index contributed by atoms with van der Waals surface area (Å²) in [6.45, 7) is 14.3. The number of hydrogen-bond donors (Lipinski definition) is 1. The summed E-state index contributed by atoms with van der Waals surface area (Å²) >= 11 is 0. The lowest BCUT2D eigenvalue weighted by Crippen LogP contribution is -2.53. The molecule has 0 radical (unpaired) electrons. The van der Waals surface area contributed by atoms with Crippen LogP contribution in [0.5, 0.6) is 0 Å². The Kier molecular flexibility index (Phi) is 7.27. The lowest BCUT2D eigenvalue weighted by molar-refractivity contribution is 0.0524. The third-order valence-corrected chi connectivity index (χ3v) is 5.72. The number of hydrogen-bond acceptors (Lipinski definition) is 4. The predicted molar refractivity (Wildman–Crippen MR) is 115 cm³/mol. The summed E-state index contributed by atoms with van der Waals surface area (Å²) in [5, 5.41) is 14.1. The van der Waals surface area contributed by atoms with E-state index in [1.165, 1.54) is 12.0 Å². The molecule has 1 N–H and O–H groups in total. The number of nitrogens with zero attached hydrogens (tertiary/aromatic N) is 4. The van der Waals surface area contributed by atoms with Gasteiger partial charge in [-0.05, 0) is 62.9 Å². The van der Waals surface area contributed by atoms with E-state index in [1.54, 1.807) is 0 Å². The van der Waals surface area contributed by atoms with Crippen LogP contribution in [0.15, 0.2) is 30.3 Å². The summed E-state index contributed by atoms with van der Waals surface area (Å²) in [7, 11) is 0. The highest BCUT2D eigenvalue weighted by atomic mass is 16.3. The van der Waals surface area contributed by atoms with Gasteiger partial charge in [0.25, 0.3) is 0 Å². The minimum absolute atomic E-state index is 0.268. The van der Waals surface area contributed by atoms with Crippen LogP contribution in [-0.2, 0) is 6.54 Å². The van der Waals surface area contributed by atoms with E-state index in [4.69, 9.17) is 0 Å². The summed E-state index contributed by atoms with van der Waals surface area (Å²) in [6.07, 6.45) is 2.09. The Morgan fingerprint density at radius 3 is 2.68 bits per heavy atom. The summed E-state index contributed by atoms with van der Waals surface area (Å²) < 4.78 is 2.03. The van der Waals surface area contributed by atoms with E-state index in [0.29, 0.717) is 6.04 Å². The molecule has 1 fully saturated rings. The van der Waals surface area contributed by atoms with Crippen molar-refractivity contribution in [2.24, 2.45) is 5.92 Å². The SMILES string of the molecule is Cc1cc(C)n(-c2cccc(CN3CCN(CCC(C)C)[C@H](CCO)C3)c2)n1. The number of aliphatic hydroxyl groups excluding tert-OH is 1. The molecule has 2 aromatic rings. The van der Waals surface area contributed by atoms with Gasteiger partial charge in [0.2, 0.25) is 0 Å². The topological polar surface area (TPSA) is 44.5 Å². The van der Waals surface area contributed by atoms with Crippen molar-refractivity contribution in [1.29, 1.82) is 0 Å². The third-order valence-electron chi connectivity index (χ3n) is 5.72. The second kappa shape index (κ2) is 9.68. The molecule has 0 amide bonds. The highest BCUT2D eigenvalue weighted by Crippen LogP contribution is 2.19. The molecule has 5 heteroatoms. The number of aryl methyl sites for hydroxylation is 2. The van der Waals surface area contributed by atoms with Crippen LogP contribution < -0.4 is 0 Å². The van der Waals surface area contributed by atoms with Gasteiger partial charge in [-0.25, -0.2) is 4.68 Å². The van der Waals surface area contributed by atoms with Crippen molar-refractivity contribution < 1.29 is 5.11 Å². The molecule has 1 aromatic heterocycles. The first kappa shape index (κ1) is 21.0. The lowest BCUT2D eigenvalue weighted by Gasteiger charge is -2.41. The highest BCUT2D eigenvalue weighted by molar-refractivity contribution is 5.37. The number of benzene rings is 1. The third kappa shape index (κ3) is 5.43. The average molecular weight is 385 g/mol. The van der Waals surface area contributed by atoms with Gasteiger partial charge in [-0.15, -0.1) is 0 Å². The van der Waals surface area contributed by atoms with Crippen LogP contribution in [0.1, 0.15) is 43.6 Å². The van der Waals surface area contributed by atoms with Gasteiger partial charge in [-0.2, -0.15) is 5.10 Å². The van der Waals surface area contributed by atoms with Gasteiger partial charge < -0.3 is 5.11 Å². The molecule has 0 unspecified atom stereocenters. The molecule has 0 spiro atoms. The maximum atomic E-state index is 9.53. The maximum Gasteiger partial charge on any atom is 0.0651 e. The molecule has 5 nitrogen and oxygen atoms in total. The zero-order valence-electron chi connectivity index (χ0n) is 17.9. The molecule has 1 atom stereocenters. The first-order chi connectivity index (χ1) is 13.5. The van der Waals surface area contributed by atoms with E-state index in [1.807, 2.05) is 11.6 Å². The van der Waals surface area contributed by atoms with Crippen molar-refractivity contribution >= 4 is 0 Å². The second-order valence-corrected chi connectivity index (χ2v) is 8.63. The summed E-state index contributed by atoms with van der Waals surface area (Å²) in [5.41, 5.74) is 4.66. The maximum absolute atomic E-state index is 9.53. The van der Waals surface area contributed by atoms with E-state index < -0.39 is 0 Å². The molecule has 1 aromatic carbocycles. The smallest absolute Gasteiger partial charge is 0.0651 e. The van der Waals surface area contributed by atoms with E-state index in [-0.39, 0.29) is 6.61 Å². The first-order valence-corrected chi connectivity index (χ1v) is 10.7. The molecular weight excluding hydrogens is 348 g/mol. The Labute approximate surface area is 170 Å². The second-order valence-electron chi connectivity index (χ2n) is 8.63. The van der Waals surface area contributed by atoms with Gasteiger partial charge in [0.1, 0.15) is 0 Å². The van der Waals surface area contributed by atoms with Crippen molar-refractivity contribution in [3.63, 3.8) is 0 Å². The fourth-order valence-corrected chi connectivity index (χ4v) is 4.18. The van der Waals surface area contributed by atoms with E-state index in [0.717, 1.165) is 62.1 Å². The van der Waals surface area contributed by atoms with Crippen molar-refractivity contribution in [3.8, 4) is 5.69 Å². The predicted octanol–water partition coefficient (Wildman–Crippen LogP) is 3.40. The fourth-order valence-electron chi connectivity index (χ4n) is 4.18. The molecular formula is C23H36N4O. The lowest BCUT2D eigenvalue weighted by atomic mass is 10.0. The molecule has 2 heterocycles. The Morgan fingerprint density at radius 1 is 1.18 bits per heavy atom. The van der Waals surface area contributed by atoms with Crippen LogP contribution >= 0.6 is 0 Å². The zero-order valence-corrected chi connectivity index (χ0v) is 17.9. The molecule has 3 rings (SSSR count). The Bertz CT molecular complexity index is 755. The Morgan fingerprint density at radius 2 is 2.00 bits per heavy atom. The Hall–Kier alpha value is -1.69. The van der Waals surface area contributed by atoms with Crippen molar-refractivity contribution in [3.05, 3.63) is 47.3 Å². The van der Waals surface area contributed by atoms with Crippen LogP contribution in [-0.4, -0.2) is 63.5 Å². The largest absolute Gasteiger partial charge is 0.396 e. The molecule has 0 saturated carbocycles. The monoisotopic (exact) mass is 384 g/mol. The molecule has 28 heavy (non-hydrogen) atoms. The number of aromatic nitrogens is 2. The minimum atomic E-state index is 0.268. The summed E-state index contributed by atoms with van der Waals surface area (Å²) in [5.74, 6) is 0.727. The number of piperazine rings is 1. The van der Waals surface area contributed by atoms with Gasteiger partial charge in [0.15, 0.2) is 0 Å². The van der Waals surface area contributed by atoms with Crippen molar-refractivity contribution in [1.82, 2.24) is 19.6 Å². The number of rotatable bonds is 8. The zero-order chi connectivity index (χ0) is 20.1. The van der Waals surface area contributed by atoms with Crippen LogP contribution in [0.25, 0.3) is 5.69 Å². The molecule has 1 saturated heterocycles. The standard InChI is InChI=1S/C23H36N4O/c1-18(2)8-10-26-12-11-25(17-23(26)9-13-28)16-21-6-5-7-22(15-21)27-20(4)14-19(3)24-27/h5-7,14-15,18,23,28H,8-13,16-17H2,1-4H3/t23-/m1/s1. The van der Waals surface area contributed by atoms with Crippen LogP contribution in [0.2, 0.25) is 0 Å². The molecule has 0 bridgehead atoms. The highest BCUT2D eigenvalue weighted by Gasteiger charge is 2.26. The van der Waals surface area contributed by atoms with E-state index in [2.05, 4.69) is 66.0 Å². The van der Waals surface area contributed by atoms with Gasteiger partial charge in [-0.3, -0.25) is 9.80 Å². The van der Waals surface area contributed by atoms with E-state index in [9.17, 15) is 5.11 Å². The fraction of sp³-hybridized carbons (Fsp3) is 0.609. The van der Waals surface area contributed by atoms with Gasteiger partial charge >= 0.3 is 0 Å². The summed E-state index contributed by atoms with van der Waals surface area (Å²) in [6, 6.07) is 11.3. The minimum Gasteiger partial charge on any atom is -0.396 e. The number of aliphatic hydroxyl groups is 1. The van der Waals surface area contributed by atoms with Crippen LogP contribution in [0.3, 0.4) is 0 Å². The Balaban J connectivity index is 1.65. The van der Waals surface area contributed by atoms with Gasteiger partial charge in [0, 0.05) is 44.5 Å². The summed E-state index contributed by atoms with van der Waals surface area (Å²) in [4.78, 5) is 5.12. The molecule has 0 aliphatic carbocycles. The molecule has 154 valence electrons.